The van der Waals surface area contributed by atoms with Crippen LogP contribution in [0.25, 0.3) is 65.7 Å². The lowest BCUT2D eigenvalue weighted by atomic mass is 9.85. The van der Waals surface area contributed by atoms with E-state index >= 15 is 0 Å². The number of benzene rings is 7. The smallest absolute Gasteiger partial charge is 0.0656 e. The molecule has 0 spiro atoms. The van der Waals surface area contributed by atoms with Crippen LogP contribution in [0.5, 0.6) is 0 Å². The molecular formula is C42H40Si2. The Kier molecular flexibility index (Phi) is 6.95. The van der Waals surface area contributed by atoms with E-state index in [0.29, 0.717) is 0 Å². The molecule has 0 unspecified atom stereocenters. The summed E-state index contributed by atoms with van der Waals surface area (Å²) in [6.45, 7) is 14.7. The fourth-order valence-electron chi connectivity index (χ4n) is 6.59. The van der Waals surface area contributed by atoms with Crippen LogP contribution in [-0.2, 0) is 0 Å². The number of rotatable bonds is 5. The fourth-order valence-corrected chi connectivity index (χ4v) is 8.91. The predicted octanol–water partition coefficient (Wildman–Crippen LogP) is 11.2. The number of hydrogen-bond donors (Lipinski definition) is 0. The first-order valence-corrected chi connectivity index (χ1v) is 22.8. The second kappa shape index (κ2) is 10.7. The lowest BCUT2D eigenvalue weighted by Gasteiger charge is -2.24. The molecule has 0 amide bonds. The van der Waals surface area contributed by atoms with Crippen molar-refractivity contribution in [2.75, 3.05) is 0 Å². The maximum absolute atomic E-state index is 2.53. The number of hydrogen-bond acceptors (Lipinski definition) is 0. The minimum atomic E-state index is -1.56. The fraction of sp³-hybridized carbons (Fsp3) is 0.143. The van der Waals surface area contributed by atoms with E-state index in [1.54, 1.807) is 0 Å². The van der Waals surface area contributed by atoms with Gasteiger partial charge >= 0.3 is 0 Å². The molecular weight excluding hydrogens is 561 g/mol. The van der Waals surface area contributed by atoms with E-state index in [9.17, 15) is 0 Å². The molecule has 7 aromatic rings. The summed E-state index contributed by atoms with van der Waals surface area (Å²) < 4.78 is 0. The largest absolute Gasteiger partial charge is 0.0776 e. The average molecular weight is 601 g/mol. The molecule has 0 N–H and O–H groups in total. The van der Waals surface area contributed by atoms with E-state index in [4.69, 9.17) is 0 Å². The van der Waals surface area contributed by atoms with E-state index in [0.717, 1.165) is 0 Å². The zero-order chi connectivity index (χ0) is 30.6. The van der Waals surface area contributed by atoms with Gasteiger partial charge in [0.15, 0.2) is 0 Å². The normalized spacial score (nSPS) is 12.3. The van der Waals surface area contributed by atoms with Crippen molar-refractivity contribution in [1.82, 2.24) is 0 Å². The maximum Gasteiger partial charge on any atom is 0.0776 e. The van der Waals surface area contributed by atoms with Gasteiger partial charge in [0.1, 0.15) is 0 Å². The van der Waals surface area contributed by atoms with E-state index in [1.807, 2.05) is 0 Å². The first-order valence-electron chi connectivity index (χ1n) is 15.8. The van der Waals surface area contributed by atoms with Crippen LogP contribution in [0, 0.1) is 0 Å². The van der Waals surface area contributed by atoms with Crippen molar-refractivity contribution in [2.24, 2.45) is 0 Å². The standard InChI is InChI=1S/C42H40Si2/c1-43(2,3)35-23-25-38-39(27-35)41(32-19-16-31(17-20-32)29-12-8-7-9-13-29)37-24-22-36(44(4,5)6)28-40(37)42(38)34-21-18-30-14-10-11-15-33(30)26-34/h7-28H,1-6H3. The van der Waals surface area contributed by atoms with Crippen LogP contribution in [0.2, 0.25) is 39.3 Å². The van der Waals surface area contributed by atoms with Crippen LogP contribution >= 0.6 is 0 Å². The van der Waals surface area contributed by atoms with Crippen LogP contribution in [0.1, 0.15) is 0 Å². The summed E-state index contributed by atoms with van der Waals surface area (Å²) in [5.41, 5.74) is 7.77. The van der Waals surface area contributed by atoms with Gasteiger partial charge in [0.2, 0.25) is 0 Å². The second-order valence-electron chi connectivity index (χ2n) is 14.3. The summed E-state index contributed by atoms with van der Waals surface area (Å²) in [6.07, 6.45) is 0. The van der Waals surface area contributed by atoms with E-state index < -0.39 is 16.1 Å². The van der Waals surface area contributed by atoms with Crippen LogP contribution in [0.3, 0.4) is 0 Å². The maximum atomic E-state index is 2.53. The average Bonchev–Trinajstić information content (AvgIpc) is 3.02. The summed E-state index contributed by atoms with van der Waals surface area (Å²) in [6, 6.07) is 50.4. The zero-order valence-corrected chi connectivity index (χ0v) is 28.7. The van der Waals surface area contributed by atoms with Crippen LogP contribution < -0.4 is 10.4 Å². The summed E-state index contributed by atoms with van der Waals surface area (Å²) in [5.74, 6) is 0. The molecule has 0 bridgehead atoms. The topological polar surface area (TPSA) is 0 Å². The van der Waals surface area contributed by atoms with Gasteiger partial charge in [-0.1, -0.05) is 177 Å². The Hall–Kier alpha value is -4.25. The van der Waals surface area contributed by atoms with Crippen LogP contribution in [0.4, 0.5) is 0 Å². The molecule has 2 heteroatoms. The minimum absolute atomic E-state index is 1.25. The molecule has 0 aliphatic carbocycles. The van der Waals surface area contributed by atoms with Gasteiger partial charge in [0.05, 0.1) is 16.1 Å². The van der Waals surface area contributed by atoms with Gasteiger partial charge in [-0.25, -0.2) is 0 Å². The van der Waals surface area contributed by atoms with Gasteiger partial charge in [-0.05, 0) is 71.8 Å². The van der Waals surface area contributed by atoms with Crippen molar-refractivity contribution in [2.45, 2.75) is 39.3 Å². The Morgan fingerprint density at radius 2 is 0.773 bits per heavy atom. The van der Waals surface area contributed by atoms with Gasteiger partial charge in [-0.2, -0.15) is 0 Å². The first-order chi connectivity index (χ1) is 21.1. The third-order valence-electron chi connectivity index (χ3n) is 9.17. The lowest BCUT2D eigenvalue weighted by molar-refractivity contribution is 1.61. The van der Waals surface area contributed by atoms with Crippen molar-refractivity contribution < 1.29 is 0 Å². The molecule has 0 heterocycles. The van der Waals surface area contributed by atoms with Crippen LogP contribution in [-0.4, -0.2) is 16.1 Å². The molecule has 0 aliphatic heterocycles. The Morgan fingerprint density at radius 3 is 1.34 bits per heavy atom. The summed E-state index contributed by atoms with van der Waals surface area (Å²) in [7, 11) is -3.11. The molecule has 0 fully saturated rings. The third-order valence-corrected chi connectivity index (χ3v) is 13.3. The summed E-state index contributed by atoms with van der Waals surface area (Å²) >= 11 is 0. The molecule has 0 atom stereocenters. The Balaban J connectivity index is 1.60. The highest BCUT2D eigenvalue weighted by Gasteiger charge is 2.23. The van der Waals surface area contributed by atoms with Gasteiger partial charge in [-0.3, -0.25) is 0 Å². The molecule has 7 aromatic carbocycles. The van der Waals surface area contributed by atoms with Crippen molar-refractivity contribution in [3.63, 3.8) is 0 Å². The zero-order valence-electron chi connectivity index (χ0n) is 26.7. The Morgan fingerprint density at radius 1 is 0.318 bits per heavy atom. The molecule has 44 heavy (non-hydrogen) atoms. The lowest BCUT2D eigenvalue weighted by Crippen LogP contribution is -2.37. The SMILES string of the molecule is C[Si](C)(C)c1ccc2c(-c3ccc4ccccc4c3)c3cc([Si](C)(C)C)ccc3c(-c3ccc(-c4ccccc4)cc3)c2c1. The molecule has 0 radical (unpaired) electrons. The minimum Gasteiger partial charge on any atom is -0.0656 e. The highest BCUT2D eigenvalue weighted by Crippen LogP contribution is 2.44. The molecule has 0 aromatic heterocycles. The van der Waals surface area contributed by atoms with Crippen LogP contribution in [0.15, 0.2) is 133 Å². The number of fused-ring (bicyclic) bond motifs is 3. The third kappa shape index (κ3) is 5.13. The molecule has 0 aliphatic rings. The molecule has 0 nitrogen and oxygen atoms in total. The monoisotopic (exact) mass is 600 g/mol. The van der Waals surface area contributed by atoms with Gasteiger partial charge in [0, 0.05) is 0 Å². The van der Waals surface area contributed by atoms with E-state index in [2.05, 4.69) is 173 Å². The van der Waals surface area contributed by atoms with Crippen molar-refractivity contribution in [3.05, 3.63) is 133 Å². The van der Waals surface area contributed by atoms with E-state index in [1.165, 1.54) is 76.1 Å². The van der Waals surface area contributed by atoms with E-state index in [-0.39, 0.29) is 0 Å². The van der Waals surface area contributed by atoms with Gasteiger partial charge < -0.3 is 0 Å². The highest BCUT2D eigenvalue weighted by molar-refractivity contribution is 6.89. The molecule has 0 saturated heterocycles. The molecule has 7 rings (SSSR count). The van der Waals surface area contributed by atoms with Crippen molar-refractivity contribution >= 4 is 58.8 Å². The highest BCUT2D eigenvalue weighted by atomic mass is 28.3. The Labute approximate surface area is 264 Å². The quantitative estimate of drug-likeness (QED) is 0.136. The van der Waals surface area contributed by atoms with Gasteiger partial charge in [0.25, 0.3) is 0 Å². The summed E-state index contributed by atoms with van der Waals surface area (Å²) in [4.78, 5) is 0. The van der Waals surface area contributed by atoms with Crippen molar-refractivity contribution in [1.29, 1.82) is 0 Å². The second-order valence-corrected chi connectivity index (χ2v) is 24.4. The Bertz CT molecular complexity index is 2160. The molecule has 0 saturated carbocycles. The molecule has 216 valence electrons. The van der Waals surface area contributed by atoms with Crippen molar-refractivity contribution in [3.8, 4) is 33.4 Å². The van der Waals surface area contributed by atoms with Gasteiger partial charge in [-0.15, -0.1) is 0 Å². The first kappa shape index (κ1) is 28.5. The summed E-state index contributed by atoms with van der Waals surface area (Å²) in [5, 5.41) is 10.9. The predicted molar refractivity (Wildman–Crippen MR) is 201 cm³/mol.